The molecule has 2 aliphatic rings. The van der Waals surface area contributed by atoms with Gasteiger partial charge in [-0.3, -0.25) is 9.80 Å². The van der Waals surface area contributed by atoms with E-state index in [1.165, 1.54) is 23.8 Å². The summed E-state index contributed by atoms with van der Waals surface area (Å²) in [5.41, 5.74) is 4.08. The number of hydrogen-bond donors (Lipinski definition) is 0. The molecule has 0 aliphatic carbocycles. The van der Waals surface area contributed by atoms with Gasteiger partial charge in [-0.2, -0.15) is 0 Å². The van der Waals surface area contributed by atoms with Crippen molar-refractivity contribution < 1.29 is 9.53 Å². The van der Waals surface area contributed by atoms with Gasteiger partial charge in [-0.1, -0.05) is 121 Å². The Bertz CT molecular complexity index is 1490. The predicted octanol–water partition coefficient (Wildman–Crippen LogP) is 7.09. The van der Waals surface area contributed by atoms with E-state index < -0.39 is 5.66 Å². The van der Waals surface area contributed by atoms with Crippen LogP contribution in [0.5, 0.6) is 0 Å². The van der Waals surface area contributed by atoms with Crippen LogP contribution < -0.4 is 0 Å². The van der Waals surface area contributed by atoms with Crippen LogP contribution in [0.3, 0.4) is 0 Å². The third kappa shape index (κ3) is 5.84. The molecule has 6 heteroatoms. The molecular weight excluding hydrogens is 538 g/mol. The van der Waals surface area contributed by atoms with Gasteiger partial charge in [0.05, 0.1) is 12.8 Å². The summed E-state index contributed by atoms with van der Waals surface area (Å²) in [7, 11) is 1.44. The summed E-state index contributed by atoms with van der Waals surface area (Å²) in [4.78, 5) is 24.3. The number of methoxy groups -OCH3 is 1. The number of hydrogen-bond acceptors (Lipinski definition) is 6. The molecule has 42 heavy (non-hydrogen) atoms. The van der Waals surface area contributed by atoms with Crippen molar-refractivity contribution in [3.8, 4) is 0 Å². The minimum absolute atomic E-state index is 0.0404. The average molecular weight is 574 g/mol. The van der Waals surface area contributed by atoms with Gasteiger partial charge >= 0.3 is 5.97 Å². The number of aliphatic imine (C=N–C) groups is 1. The van der Waals surface area contributed by atoms with E-state index in [-0.39, 0.29) is 11.9 Å². The quantitative estimate of drug-likeness (QED) is 0.166. The van der Waals surface area contributed by atoms with Crippen molar-refractivity contribution in [1.82, 2.24) is 9.80 Å². The molecule has 0 amide bonds. The smallest absolute Gasteiger partial charge is 0.331 e. The van der Waals surface area contributed by atoms with Gasteiger partial charge in [0.15, 0.2) is 0 Å². The molecule has 6 rings (SSSR count). The van der Waals surface area contributed by atoms with Crippen molar-refractivity contribution in [3.05, 3.63) is 149 Å². The molecule has 4 aromatic carbocycles. The number of carbonyl (C=O) groups is 1. The third-order valence-corrected chi connectivity index (χ3v) is 9.35. The second kappa shape index (κ2) is 12.9. The molecule has 1 spiro atoms. The van der Waals surface area contributed by atoms with Gasteiger partial charge in [0, 0.05) is 43.1 Å². The molecule has 0 aromatic heterocycles. The lowest BCUT2D eigenvalue weighted by Crippen LogP contribution is -2.60. The third-order valence-electron chi connectivity index (χ3n) is 8.13. The number of thioether (sulfide) groups is 1. The van der Waals surface area contributed by atoms with E-state index in [1.54, 1.807) is 17.8 Å². The Morgan fingerprint density at radius 3 is 1.76 bits per heavy atom. The number of nitrogens with zero attached hydrogens (tertiary/aromatic N) is 3. The fraction of sp³-hybridized carbons (Fsp3) is 0.222. The summed E-state index contributed by atoms with van der Waals surface area (Å²) in [5, 5.41) is 0.995. The first-order valence-electron chi connectivity index (χ1n) is 14.4. The predicted molar refractivity (Wildman–Crippen MR) is 171 cm³/mol. The van der Waals surface area contributed by atoms with Crippen LogP contribution in [-0.2, 0) is 29.0 Å². The van der Waals surface area contributed by atoms with Gasteiger partial charge < -0.3 is 4.74 Å². The highest BCUT2D eigenvalue weighted by atomic mass is 32.2. The van der Waals surface area contributed by atoms with Crippen LogP contribution in [0.15, 0.2) is 137 Å². The molecular formula is C36H35N3O2S. The fourth-order valence-electron chi connectivity index (χ4n) is 6.23. The molecule has 2 aliphatic heterocycles. The lowest BCUT2D eigenvalue weighted by molar-refractivity contribution is -0.134. The molecule has 4 aromatic rings. The Balaban J connectivity index is 1.56. The van der Waals surface area contributed by atoms with Crippen LogP contribution in [-0.4, -0.2) is 46.7 Å². The molecule has 0 radical (unpaired) electrons. The molecule has 2 fully saturated rings. The first-order chi connectivity index (χ1) is 20.7. The van der Waals surface area contributed by atoms with Crippen molar-refractivity contribution in [3.63, 3.8) is 0 Å². The number of para-hydroxylation sites is 1. The first-order valence-corrected chi connectivity index (χ1v) is 15.2. The van der Waals surface area contributed by atoms with Crippen LogP contribution in [0, 0.1) is 5.92 Å². The Hall–Kier alpha value is -3.97. The van der Waals surface area contributed by atoms with Gasteiger partial charge in [0.2, 0.25) is 0 Å². The number of carbonyl (C=O) groups excluding carboxylic acids is 1. The Kier molecular flexibility index (Phi) is 8.65. The first kappa shape index (κ1) is 28.2. The topological polar surface area (TPSA) is 45.1 Å². The number of benzene rings is 4. The van der Waals surface area contributed by atoms with Gasteiger partial charge in [-0.25, -0.2) is 9.79 Å². The molecule has 212 valence electrons. The molecule has 0 saturated carbocycles. The SMILES string of the molecule is COC(=O)/C=C1\SC(=Nc2ccccc2)C2([C@@H]1Cc1ccccc1)N(Cc1ccccc1)CCN2Cc1ccccc1. The van der Waals surface area contributed by atoms with E-state index in [4.69, 9.17) is 9.73 Å². The Labute approximate surface area is 252 Å². The fourth-order valence-corrected chi connectivity index (χ4v) is 7.70. The number of esters is 1. The second-order valence-corrected chi connectivity index (χ2v) is 11.8. The van der Waals surface area contributed by atoms with Gasteiger partial charge in [-0.15, -0.1) is 0 Å². The maximum Gasteiger partial charge on any atom is 0.331 e. The van der Waals surface area contributed by atoms with Gasteiger partial charge in [0.1, 0.15) is 10.7 Å². The Morgan fingerprint density at radius 1 is 0.786 bits per heavy atom. The normalized spacial score (nSPS) is 20.5. The summed E-state index contributed by atoms with van der Waals surface area (Å²) < 4.78 is 5.16. The largest absolute Gasteiger partial charge is 0.466 e. The van der Waals surface area contributed by atoms with E-state index in [0.717, 1.165) is 48.2 Å². The minimum Gasteiger partial charge on any atom is -0.466 e. The van der Waals surface area contributed by atoms with Crippen molar-refractivity contribution in [2.75, 3.05) is 20.2 Å². The highest BCUT2D eigenvalue weighted by Crippen LogP contribution is 2.55. The average Bonchev–Trinajstić information content (AvgIpc) is 3.52. The maximum absolute atomic E-state index is 12.8. The van der Waals surface area contributed by atoms with E-state index in [2.05, 4.69) is 101 Å². The van der Waals surface area contributed by atoms with Gasteiger partial charge in [0.25, 0.3) is 0 Å². The standard InChI is InChI=1S/C36H35N3O2S/c1-41-34(40)25-33-32(24-28-14-6-2-7-15-28)36(35(42-33)37-31-20-12-5-13-21-31)38(26-29-16-8-3-9-17-29)22-23-39(36)27-30-18-10-4-11-19-30/h2-21,25,32H,22-24,26-27H2,1H3/b33-25-,37-35?/t32-/m1/s1. The van der Waals surface area contributed by atoms with Gasteiger partial charge in [-0.05, 0) is 35.2 Å². The van der Waals surface area contributed by atoms with Crippen LogP contribution in [0.25, 0.3) is 0 Å². The molecule has 5 nitrogen and oxygen atoms in total. The highest BCUT2D eigenvalue weighted by molar-refractivity contribution is 8.18. The van der Waals surface area contributed by atoms with Crippen molar-refractivity contribution in [2.45, 2.75) is 25.2 Å². The zero-order chi connectivity index (χ0) is 28.8. The lowest BCUT2D eigenvalue weighted by Gasteiger charge is -2.45. The van der Waals surface area contributed by atoms with Crippen molar-refractivity contribution in [2.24, 2.45) is 10.9 Å². The molecule has 1 atom stereocenters. The molecule has 0 bridgehead atoms. The van der Waals surface area contributed by atoms with E-state index >= 15 is 0 Å². The van der Waals surface area contributed by atoms with Crippen LogP contribution in [0.1, 0.15) is 16.7 Å². The summed E-state index contributed by atoms with van der Waals surface area (Å²) in [6.45, 7) is 3.31. The molecule has 0 unspecified atom stereocenters. The lowest BCUT2D eigenvalue weighted by atomic mass is 9.84. The zero-order valence-corrected chi connectivity index (χ0v) is 24.6. The van der Waals surface area contributed by atoms with E-state index in [1.807, 2.05) is 30.3 Å². The summed E-state index contributed by atoms with van der Waals surface area (Å²) >= 11 is 1.63. The Morgan fingerprint density at radius 2 is 1.26 bits per heavy atom. The summed E-state index contributed by atoms with van der Waals surface area (Å²) in [5.74, 6) is -0.379. The maximum atomic E-state index is 12.8. The summed E-state index contributed by atoms with van der Waals surface area (Å²) in [6, 6.07) is 42.1. The zero-order valence-electron chi connectivity index (χ0n) is 23.8. The van der Waals surface area contributed by atoms with Crippen LogP contribution >= 0.6 is 11.8 Å². The minimum atomic E-state index is -0.568. The van der Waals surface area contributed by atoms with Crippen LogP contribution in [0.4, 0.5) is 5.69 Å². The van der Waals surface area contributed by atoms with Crippen molar-refractivity contribution in [1.29, 1.82) is 0 Å². The monoisotopic (exact) mass is 573 g/mol. The number of rotatable bonds is 8. The van der Waals surface area contributed by atoms with E-state index in [0.29, 0.717) is 0 Å². The number of ether oxygens (including phenoxy) is 1. The van der Waals surface area contributed by atoms with Crippen LogP contribution in [0.2, 0.25) is 0 Å². The van der Waals surface area contributed by atoms with E-state index in [9.17, 15) is 4.79 Å². The molecule has 2 saturated heterocycles. The molecule has 2 heterocycles. The second-order valence-electron chi connectivity index (χ2n) is 10.7. The molecule has 0 N–H and O–H groups in total. The highest BCUT2D eigenvalue weighted by Gasteiger charge is 2.61. The van der Waals surface area contributed by atoms with Crippen molar-refractivity contribution >= 4 is 28.5 Å². The summed E-state index contributed by atoms with van der Waals surface area (Å²) in [6.07, 6.45) is 2.45.